The van der Waals surface area contributed by atoms with Gasteiger partial charge in [-0.1, -0.05) is 18.2 Å². The molecule has 138 valence electrons. The number of nitrogens with zero attached hydrogens (tertiary/aromatic N) is 3. The SMILES string of the molecule is Cc1nc(-c2ccccc2)oc1C(=O)Oc1ccc(N2CCOCC2)nc1. The Balaban J connectivity index is 1.47. The molecule has 27 heavy (non-hydrogen) atoms. The van der Waals surface area contributed by atoms with Crippen LogP contribution < -0.4 is 9.64 Å². The number of esters is 1. The number of aryl methyl sites for hydroxylation is 1. The van der Waals surface area contributed by atoms with Gasteiger partial charge >= 0.3 is 5.97 Å². The summed E-state index contributed by atoms with van der Waals surface area (Å²) in [5.41, 5.74) is 1.29. The molecule has 0 radical (unpaired) electrons. The van der Waals surface area contributed by atoms with Gasteiger partial charge in [-0.05, 0) is 31.2 Å². The predicted octanol–water partition coefficient (Wildman–Crippen LogP) is 3.10. The fraction of sp³-hybridized carbons (Fsp3) is 0.250. The number of oxazole rings is 1. The monoisotopic (exact) mass is 365 g/mol. The molecule has 0 amide bonds. The molecule has 7 nitrogen and oxygen atoms in total. The van der Waals surface area contributed by atoms with E-state index in [1.807, 2.05) is 36.4 Å². The lowest BCUT2D eigenvalue weighted by molar-refractivity contribution is 0.0700. The summed E-state index contributed by atoms with van der Waals surface area (Å²) in [6.07, 6.45) is 1.53. The number of carbonyl (C=O) groups excluding carboxylic acids is 1. The van der Waals surface area contributed by atoms with Gasteiger partial charge in [0.25, 0.3) is 0 Å². The summed E-state index contributed by atoms with van der Waals surface area (Å²) in [5.74, 6) is 1.07. The molecule has 0 unspecified atom stereocenters. The maximum Gasteiger partial charge on any atom is 0.381 e. The van der Waals surface area contributed by atoms with Gasteiger partial charge < -0.3 is 18.8 Å². The maximum absolute atomic E-state index is 12.5. The number of benzene rings is 1. The highest BCUT2D eigenvalue weighted by Crippen LogP contribution is 2.23. The molecule has 2 aromatic heterocycles. The summed E-state index contributed by atoms with van der Waals surface area (Å²) in [7, 11) is 0. The Morgan fingerprint density at radius 3 is 2.59 bits per heavy atom. The van der Waals surface area contributed by atoms with Gasteiger partial charge in [-0.15, -0.1) is 0 Å². The van der Waals surface area contributed by atoms with Gasteiger partial charge in [0.1, 0.15) is 11.6 Å². The number of rotatable bonds is 4. The Morgan fingerprint density at radius 1 is 1.11 bits per heavy atom. The van der Waals surface area contributed by atoms with E-state index in [2.05, 4.69) is 14.9 Å². The van der Waals surface area contributed by atoms with Gasteiger partial charge in [0.15, 0.2) is 0 Å². The zero-order valence-corrected chi connectivity index (χ0v) is 14.9. The smallest absolute Gasteiger partial charge is 0.381 e. The van der Waals surface area contributed by atoms with Crippen LogP contribution in [0.2, 0.25) is 0 Å². The Labute approximate surface area is 156 Å². The highest BCUT2D eigenvalue weighted by Gasteiger charge is 2.21. The van der Waals surface area contributed by atoms with E-state index >= 15 is 0 Å². The first-order valence-corrected chi connectivity index (χ1v) is 8.74. The van der Waals surface area contributed by atoms with Crippen LogP contribution in [0.5, 0.6) is 5.75 Å². The van der Waals surface area contributed by atoms with Crippen LogP contribution in [-0.4, -0.2) is 42.2 Å². The predicted molar refractivity (Wildman–Crippen MR) is 98.9 cm³/mol. The van der Waals surface area contributed by atoms with Crippen molar-refractivity contribution >= 4 is 11.8 Å². The van der Waals surface area contributed by atoms with E-state index in [0.29, 0.717) is 30.5 Å². The van der Waals surface area contributed by atoms with Crippen molar-refractivity contribution in [1.82, 2.24) is 9.97 Å². The minimum Gasteiger partial charge on any atom is -0.429 e. The van der Waals surface area contributed by atoms with Crippen molar-refractivity contribution in [3.63, 3.8) is 0 Å². The molecular formula is C20H19N3O4. The molecule has 1 fully saturated rings. The van der Waals surface area contributed by atoms with E-state index < -0.39 is 5.97 Å². The zero-order chi connectivity index (χ0) is 18.6. The third-order valence-corrected chi connectivity index (χ3v) is 4.27. The third kappa shape index (κ3) is 3.83. The number of pyridine rings is 1. The van der Waals surface area contributed by atoms with Crippen LogP contribution in [0.4, 0.5) is 5.82 Å². The van der Waals surface area contributed by atoms with Crippen LogP contribution in [0.25, 0.3) is 11.5 Å². The quantitative estimate of drug-likeness (QED) is 0.658. The summed E-state index contributed by atoms with van der Waals surface area (Å²) in [6.45, 7) is 4.68. The number of carbonyl (C=O) groups is 1. The molecule has 4 rings (SSSR count). The number of anilines is 1. The second kappa shape index (κ2) is 7.59. The van der Waals surface area contributed by atoms with Gasteiger partial charge in [0, 0.05) is 18.7 Å². The fourth-order valence-electron chi connectivity index (χ4n) is 2.86. The molecule has 7 heteroatoms. The average Bonchev–Trinajstić information content (AvgIpc) is 3.12. The van der Waals surface area contributed by atoms with Gasteiger partial charge in [0.05, 0.1) is 25.1 Å². The highest BCUT2D eigenvalue weighted by atomic mass is 16.5. The van der Waals surface area contributed by atoms with E-state index in [1.54, 1.807) is 13.0 Å². The number of ether oxygens (including phenoxy) is 2. The normalized spacial score (nSPS) is 14.2. The van der Waals surface area contributed by atoms with Crippen LogP contribution in [0.1, 0.15) is 16.2 Å². The number of hydrogen-bond donors (Lipinski definition) is 0. The molecular weight excluding hydrogens is 346 g/mol. The summed E-state index contributed by atoms with van der Waals surface area (Å²) in [6, 6.07) is 13.0. The molecule has 3 heterocycles. The lowest BCUT2D eigenvalue weighted by Crippen LogP contribution is -2.36. The van der Waals surface area contributed by atoms with Gasteiger partial charge in [0.2, 0.25) is 11.7 Å². The second-order valence-corrected chi connectivity index (χ2v) is 6.14. The van der Waals surface area contributed by atoms with Crippen LogP contribution in [0.15, 0.2) is 53.1 Å². The van der Waals surface area contributed by atoms with E-state index in [9.17, 15) is 4.79 Å². The summed E-state index contributed by atoms with van der Waals surface area (Å²) < 4.78 is 16.4. The first-order valence-electron chi connectivity index (χ1n) is 8.74. The minimum atomic E-state index is -0.594. The van der Waals surface area contributed by atoms with Crippen molar-refractivity contribution in [3.05, 3.63) is 60.1 Å². The molecule has 3 aromatic rings. The number of aromatic nitrogens is 2. The number of hydrogen-bond acceptors (Lipinski definition) is 7. The van der Waals surface area contributed by atoms with Gasteiger partial charge in [-0.3, -0.25) is 0 Å². The van der Waals surface area contributed by atoms with Crippen molar-refractivity contribution in [2.75, 3.05) is 31.2 Å². The topological polar surface area (TPSA) is 77.7 Å². The van der Waals surface area contributed by atoms with Gasteiger partial charge in [-0.2, -0.15) is 0 Å². The molecule has 0 aliphatic carbocycles. The Kier molecular flexibility index (Phi) is 4.84. The molecule has 0 N–H and O–H groups in total. The molecule has 0 bridgehead atoms. The highest BCUT2D eigenvalue weighted by molar-refractivity contribution is 5.89. The second-order valence-electron chi connectivity index (χ2n) is 6.14. The van der Waals surface area contributed by atoms with Crippen molar-refractivity contribution in [3.8, 4) is 17.2 Å². The molecule has 0 atom stereocenters. The van der Waals surface area contributed by atoms with Crippen LogP contribution in [0, 0.1) is 6.92 Å². The molecule has 1 saturated heterocycles. The molecule has 0 spiro atoms. The van der Waals surface area contributed by atoms with Crippen molar-refractivity contribution < 1.29 is 18.7 Å². The van der Waals surface area contributed by atoms with Crippen molar-refractivity contribution in [2.24, 2.45) is 0 Å². The van der Waals surface area contributed by atoms with Crippen molar-refractivity contribution in [2.45, 2.75) is 6.92 Å². The van der Waals surface area contributed by atoms with E-state index in [1.165, 1.54) is 6.20 Å². The summed E-state index contributed by atoms with van der Waals surface area (Å²) in [4.78, 5) is 23.3. The van der Waals surface area contributed by atoms with Crippen LogP contribution in [-0.2, 0) is 4.74 Å². The zero-order valence-electron chi connectivity index (χ0n) is 14.9. The standard InChI is InChI=1S/C20H19N3O4/c1-14-18(27-19(22-14)15-5-3-2-4-6-15)20(24)26-16-7-8-17(21-13-16)23-9-11-25-12-10-23/h2-8,13H,9-12H2,1H3. The van der Waals surface area contributed by atoms with Crippen LogP contribution >= 0.6 is 0 Å². The average molecular weight is 365 g/mol. The minimum absolute atomic E-state index is 0.0890. The van der Waals surface area contributed by atoms with Crippen molar-refractivity contribution in [1.29, 1.82) is 0 Å². The largest absolute Gasteiger partial charge is 0.429 e. The molecule has 1 aliphatic heterocycles. The van der Waals surface area contributed by atoms with E-state index in [-0.39, 0.29) is 5.76 Å². The third-order valence-electron chi connectivity index (χ3n) is 4.27. The van der Waals surface area contributed by atoms with Crippen LogP contribution in [0.3, 0.4) is 0 Å². The summed E-state index contributed by atoms with van der Waals surface area (Å²) in [5, 5.41) is 0. The van der Waals surface area contributed by atoms with Gasteiger partial charge in [-0.25, -0.2) is 14.8 Å². The lowest BCUT2D eigenvalue weighted by atomic mass is 10.2. The molecule has 1 aliphatic rings. The first-order chi connectivity index (χ1) is 13.2. The molecule has 0 saturated carbocycles. The van der Waals surface area contributed by atoms with E-state index in [4.69, 9.17) is 13.9 Å². The Bertz CT molecular complexity index is 916. The Morgan fingerprint density at radius 2 is 1.89 bits per heavy atom. The summed E-state index contributed by atoms with van der Waals surface area (Å²) >= 11 is 0. The Hall–Kier alpha value is -3.19. The fourth-order valence-corrected chi connectivity index (χ4v) is 2.86. The van der Waals surface area contributed by atoms with E-state index in [0.717, 1.165) is 24.5 Å². The molecule has 1 aromatic carbocycles. The first kappa shape index (κ1) is 17.2. The number of morpholine rings is 1. The lowest BCUT2D eigenvalue weighted by Gasteiger charge is -2.27. The maximum atomic E-state index is 12.5.